The number of benzene rings is 1. The van der Waals surface area contributed by atoms with Crippen molar-refractivity contribution in [3.63, 3.8) is 0 Å². The van der Waals surface area contributed by atoms with Gasteiger partial charge in [-0.2, -0.15) is 0 Å². The molecule has 1 unspecified atom stereocenters. The van der Waals surface area contributed by atoms with E-state index in [1.165, 1.54) is 11.8 Å². The number of ether oxygens (including phenoxy) is 1. The van der Waals surface area contributed by atoms with Crippen LogP contribution in [0.3, 0.4) is 0 Å². The summed E-state index contributed by atoms with van der Waals surface area (Å²) in [6.45, 7) is 0.376. The maximum atomic E-state index is 11.6. The van der Waals surface area contributed by atoms with E-state index in [1.807, 2.05) is 18.2 Å². The largest absolute Gasteiger partial charge is 0.464 e. The molecule has 6 heteroatoms. The third-order valence-electron chi connectivity index (χ3n) is 2.47. The monoisotopic (exact) mass is 285 g/mol. The molecular weight excluding hydrogens is 274 g/mol. The maximum Gasteiger partial charge on any atom is 0.328 e. The first-order valence-corrected chi connectivity index (χ1v) is 6.86. The number of nitrogens with one attached hydrogen (secondary N) is 1. The Morgan fingerprint density at radius 3 is 2.94 bits per heavy atom. The number of hydrogen-bond acceptors (Lipinski definition) is 4. The van der Waals surface area contributed by atoms with Crippen LogP contribution in [0.2, 0.25) is 5.02 Å². The van der Waals surface area contributed by atoms with Crippen LogP contribution in [0.4, 0.5) is 0 Å². The van der Waals surface area contributed by atoms with Gasteiger partial charge in [0.25, 0.3) is 0 Å². The zero-order valence-corrected chi connectivity index (χ0v) is 11.1. The molecule has 2 rings (SSSR count). The molecule has 1 atom stereocenters. The average molecular weight is 286 g/mol. The minimum Gasteiger partial charge on any atom is -0.464 e. The third kappa shape index (κ3) is 3.40. The molecule has 1 heterocycles. The lowest BCUT2D eigenvalue weighted by atomic mass is 10.2. The molecule has 1 aliphatic heterocycles. The number of thioether (sulfide) groups is 1. The summed E-state index contributed by atoms with van der Waals surface area (Å²) in [5, 5.41) is 3.26. The molecule has 1 aliphatic rings. The first-order valence-electron chi connectivity index (χ1n) is 5.50. The molecule has 96 valence electrons. The van der Waals surface area contributed by atoms with Crippen LogP contribution in [0.15, 0.2) is 29.2 Å². The Morgan fingerprint density at radius 1 is 1.50 bits per heavy atom. The number of hydrogen-bond donors (Lipinski definition) is 1. The van der Waals surface area contributed by atoms with E-state index in [0.717, 1.165) is 4.90 Å². The number of amides is 1. The highest BCUT2D eigenvalue weighted by molar-refractivity contribution is 8.00. The van der Waals surface area contributed by atoms with Gasteiger partial charge in [0.15, 0.2) is 0 Å². The zero-order chi connectivity index (χ0) is 13.0. The zero-order valence-electron chi connectivity index (χ0n) is 9.52. The number of cyclic esters (lactones) is 1. The van der Waals surface area contributed by atoms with Crippen LogP contribution in [0, 0.1) is 0 Å². The fraction of sp³-hybridized carbons (Fsp3) is 0.333. The van der Waals surface area contributed by atoms with Gasteiger partial charge in [0.05, 0.1) is 17.4 Å². The molecule has 0 radical (unpaired) electrons. The van der Waals surface area contributed by atoms with E-state index in [4.69, 9.17) is 16.3 Å². The molecule has 0 saturated carbocycles. The second-order valence-electron chi connectivity index (χ2n) is 3.80. The highest BCUT2D eigenvalue weighted by Gasteiger charge is 2.27. The molecule has 0 bridgehead atoms. The van der Waals surface area contributed by atoms with Gasteiger partial charge >= 0.3 is 5.97 Å². The van der Waals surface area contributed by atoms with Crippen molar-refractivity contribution in [1.82, 2.24) is 5.32 Å². The molecule has 0 aromatic heterocycles. The number of halogens is 1. The molecule has 18 heavy (non-hydrogen) atoms. The van der Waals surface area contributed by atoms with Crippen LogP contribution in [-0.4, -0.2) is 30.3 Å². The highest BCUT2D eigenvalue weighted by Crippen LogP contribution is 2.26. The van der Waals surface area contributed by atoms with Gasteiger partial charge in [-0.15, -0.1) is 11.8 Å². The number of rotatable bonds is 4. The van der Waals surface area contributed by atoms with Crippen LogP contribution >= 0.6 is 23.4 Å². The van der Waals surface area contributed by atoms with Crippen molar-refractivity contribution in [3.8, 4) is 0 Å². The molecule has 4 nitrogen and oxygen atoms in total. The van der Waals surface area contributed by atoms with Crippen molar-refractivity contribution < 1.29 is 14.3 Å². The molecule has 1 saturated heterocycles. The Bertz CT molecular complexity index is 466. The molecule has 1 aromatic rings. The van der Waals surface area contributed by atoms with Crippen molar-refractivity contribution in [2.45, 2.75) is 17.4 Å². The predicted octanol–water partition coefficient (Wildman–Crippen LogP) is 1.86. The summed E-state index contributed by atoms with van der Waals surface area (Å²) < 4.78 is 4.77. The summed E-state index contributed by atoms with van der Waals surface area (Å²) in [6.07, 6.45) is 0.543. The first kappa shape index (κ1) is 13.2. The number of carbonyl (C=O) groups excluding carboxylic acids is 2. The fourth-order valence-corrected chi connectivity index (χ4v) is 2.62. The fourth-order valence-electron chi connectivity index (χ4n) is 1.57. The Kier molecular flexibility index (Phi) is 4.49. The molecule has 1 N–H and O–H groups in total. The first-order chi connectivity index (χ1) is 8.66. The normalized spacial score (nSPS) is 18.5. The topological polar surface area (TPSA) is 55.4 Å². The van der Waals surface area contributed by atoms with E-state index >= 15 is 0 Å². The molecular formula is C12H12ClNO3S. The van der Waals surface area contributed by atoms with Crippen LogP contribution < -0.4 is 5.32 Å². The van der Waals surface area contributed by atoms with Gasteiger partial charge in [-0.3, -0.25) is 4.79 Å². The van der Waals surface area contributed by atoms with E-state index in [9.17, 15) is 9.59 Å². The van der Waals surface area contributed by atoms with Crippen molar-refractivity contribution in [3.05, 3.63) is 29.3 Å². The van der Waals surface area contributed by atoms with Gasteiger partial charge in [0.2, 0.25) is 5.91 Å². The van der Waals surface area contributed by atoms with E-state index in [1.54, 1.807) is 6.07 Å². The van der Waals surface area contributed by atoms with E-state index < -0.39 is 6.04 Å². The van der Waals surface area contributed by atoms with E-state index in [2.05, 4.69) is 5.32 Å². The van der Waals surface area contributed by atoms with Crippen molar-refractivity contribution >= 4 is 35.2 Å². The summed E-state index contributed by atoms with van der Waals surface area (Å²) in [6, 6.07) is 6.83. The Labute approximate surface area is 114 Å². The van der Waals surface area contributed by atoms with Crippen molar-refractivity contribution in [2.75, 3.05) is 12.4 Å². The van der Waals surface area contributed by atoms with Crippen LogP contribution in [-0.2, 0) is 14.3 Å². The van der Waals surface area contributed by atoms with Gasteiger partial charge in [-0.05, 0) is 12.1 Å². The van der Waals surface area contributed by atoms with Crippen LogP contribution in [0.25, 0.3) is 0 Å². The highest BCUT2D eigenvalue weighted by atomic mass is 35.5. The van der Waals surface area contributed by atoms with Gasteiger partial charge in [-0.25, -0.2) is 4.79 Å². The molecule has 0 spiro atoms. The summed E-state index contributed by atoms with van der Waals surface area (Å²) in [5.41, 5.74) is 0. The smallest absolute Gasteiger partial charge is 0.328 e. The SMILES string of the molecule is O=C(CSc1ccccc1Cl)NC1CCOC1=O. The lowest BCUT2D eigenvalue weighted by Gasteiger charge is -2.08. The van der Waals surface area contributed by atoms with Gasteiger partial charge in [-0.1, -0.05) is 23.7 Å². The summed E-state index contributed by atoms with van der Waals surface area (Å²) >= 11 is 7.32. The predicted molar refractivity (Wildman–Crippen MR) is 69.7 cm³/mol. The Morgan fingerprint density at radius 2 is 2.28 bits per heavy atom. The standard InChI is InChI=1S/C12H12ClNO3S/c13-8-3-1-2-4-10(8)18-7-11(15)14-9-5-6-17-12(9)16/h1-4,9H,5-7H2,(H,14,15). The number of esters is 1. The third-order valence-corrected chi connectivity index (χ3v) is 3.98. The van der Waals surface area contributed by atoms with Crippen molar-refractivity contribution in [1.29, 1.82) is 0 Å². The Hall–Kier alpha value is -1.20. The summed E-state index contributed by atoms with van der Waals surface area (Å²) in [5.74, 6) is -0.317. The number of carbonyl (C=O) groups is 2. The van der Waals surface area contributed by atoms with Gasteiger partial charge < -0.3 is 10.1 Å². The van der Waals surface area contributed by atoms with E-state index in [-0.39, 0.29) is 17.6 Å². The second kappa shape index (κ2) is 6.11. The maximum absolute atomic E-state index is 11.6. The Balaban J connectivity index is 1.82. The van der Waals surface area contributed by atoms with E-state index in [0.29, 0.717) is 18.1 Å². The minimum absolute atomic E-state index is 0.191. The van der Waals surface area contributed by atoms with Gasteiger partial charge in [0.1, 0.15) is 6.04 Å². The van der Waals surface area contributed by atoms with Crippen LogP contribution in [0.1, 0.15) is 6.42 Å². The summed E-state index contributed by atoms with van der Waals surface area (Å²) in [7, 11) is 0. The summed E-state index contributed by atoms with van der Waals surface area (Å²) in [4.78, 5) is 23.7. The van der Waals surface area contributed by atoms with Gasteiger partial charge in [0, 0.05) is 11.3 Å². The molecule has 0 aliphatic carbocycles. The molecule has 1 amide bonds. The average Bonchev–Trinajstić information content (AvgIpc) is 2.74. The lowest BCUT2D eigenvalue weighted by molar-refractivity contribution is -0.141. The minimum atomic E-state index is -0.496. The quantitative estimate of drug-likeness (QED) is 0.678. The second-order valence-corrected chi connectivity index (χ2v) is 5.22. The molecule has 1 aromatic carbocycles. The van der Waals surface area contributed by atoms with Crippen LogP contribution in [0.5, 0.6) is 0 Å². The lowest BCUT2D eigenvalue weighted by Crippen LogP contribution is -2.38. The molecule has 1 fully saturated rings. The van der Waals surface area contributed by atoms with Crippen molar-refractivity contribution in [2.24, 2.45) is 0 Å².